The summed E-state index contributed by atoms with van der Waals surface area (Å²) in [5.41, 5.74) is 0.904. The van der Waals surface area contributed by atoms with Gasteiger partial charge in [0.25, 0.3) is 0 Å². The first-order chi connectivity index (χ1) is 9.56. The van der Waals surface area contributed by atoms with Gasteiger partial charge < -0.3 is 15.1 Å². The molecule has 1 fully saturated rings. The molecule has 0 spiro atoms. The zero-order chi connectivity index (χ0) is 14.5. The van der Waals surface area contributed by atoms with Crippen molar-refractivity contribution in [3.05, 3.63) is 23.2 Å². The number of carbonyl (C=O) groups is 2. The summed E-state index contributed by atoms with van der Waals surface area (Å²) in [6.45, 7) is 4.02. The van der Waals surface area contributed by atoms with Crippen LogP contribution in [-0.2, 0) is 16.1 Å². The number of carbonyl (C=O) groups excluding carboxylic acids is 2. The third-order valence-electron chi connectivity index (χ3n) is 3.73. The Morgan fingerprint density at radius 1 is 1.20 bits per heavy atom. The monoisotopic (exact) mass is 278 g/mol. The van der Waals surface area contributed by atoms with Crippen molar-refractivity contribution in [2.45, 2.75) is 58.5 Å². The van der Waals surface area contributed by atoms with Gasteiger partial charge in [-0.3, -0.25) is 9.59 Å². The van der Waals surface area contributed by atoms with Crippen LogP contribution in [0.15, 0.2) is 10.5 Å². The van der Waals surface area contributed by atoms with Crippen molar-refractivity contribution in [1.82, 2.24) is 10.6 Å². The summed E-state index contributed by atoms with van der Waals surface area (Å²) in [7, 11) is 0. The number of nitrogens with one attached hydrogen (secondary N) is 2. The fourth-order valence-electron chi connectivity index (χ4n) is 2.61. The maximum atomic E-state index is 11.8. The van der Waals surface area contributed by atoms with Crippen LogP contribution >= 0.6 is 0 Å². The number of rotatable bonds is 3. The number of hydrogen-bond acceptors (Lipinski definition) is 3. The van der Waals surface area contributed by atoms with E-state index in [4.69, 9.17) is 4.42 Å². The number of aryl methyl sites for hydroxylation is 2. The molecule has 0 saturated heterocycles. The normalized spacial score (nSPS) is 15.9. The van der Waals surface area contributed by atoms with E-state index in [9.17, 15) is 9.59 Å². The van der Waals surface area contributed by atoms with E-state index in [1.165, 1.54) is 6.42 Å². The average molecular weight is 278 g/mol. The molecule has 0 radical (unpaired) electrons. The average Bonchev–Trinajstić information content (AvgIpc) is 2.75. The third-order valence-corrected chi connectivity index (χ3v) is 3.73. The molecule has 1 aliphatic carbocycles. The number of amides is 2. The van der Waals surface area contributed by atoms with Crippen molar-refractivity contribution in [3.8, 4) is 0 Å². The summed E-state index contributed by atoms with van der Waals surface area (Å²) >= 11 is 0. The zero-order valence-electron chi connectivity index (χ0n) is 12.1. The van der Waals surface area contributed by atoms with Crippen LogP contribution in [0.2, 0.25) is 0 Å². The molecule has 0 aromatic carbocycles. The zero-order valence-corrected chi connectivity index (χ0v) is 12.1. The van der Waals surface area contributed by atoms with Gasteiger partial charge >= 0.3 is 11.8 Å². The van der Waals surface area contributed by atoms with E-state index in [2.05, 4.69) is 10.6 Å². The summed E-state index contributed by atoms with van der Waals surface area (Å²) in [6.07, 6.45) is 5.41. The van der Waals surface area contributed by atoms with E-state index in [1.807, 2.05) is 19.9 Å². The lowest BCUT2D eigenvalue weighted by Gasteiger charge is -2.22. The van der Waals surface area contributed by atoms with Gasteiger partial charge in [-0.15, -0.1) is 0 Å². The molecule has 2 amide bonds. The van der Waals surface area contributed by atoms with Gasteiger partial charge in [0.15, 0.2) is 0 Å². The molecular weight excluding hydrogens is 256 g/mol. The fourth-order valence-corrected chi connectivity index (χ4v) is 2.61. The van der Waals surface area contributed by atoms with Crippen molar-refractivity contribution >= 4 is 11.8 Å². The topological polar surface area (TPSA) is 71.3 Å². The van der Waals surface area contributed by atoms with Gasteiger partial charge in [0.05, 0.1) is 0 Å². The Bertz CT molecular complexity index is 487. The highest BCUT2D eigenvalue weighted by Gasteiger charge is 2.20. The molecule has 1 aromatic heterocycles. The SMILES string of the molecule is Cc1cc(CNC(=O)C(=O)NC2CCCCC2)c(C)o1. The fraction of sp³-hybridized carbons (Fsp3) is 0.600. The van der Waals surface area contributed by atoms with Gasteiger partial charge in [-0.2, -0.15) is 0 Å². The van der Waals surface area contributed by atoms with E-state index in [0.717, 1.165) is 42.8 Å². The minimum absolute atomic E-state index is 0.153. The van der Waals surface area contributed by atoms with Crippen molar-refractivity contribution < 1.29 is 14.0 Å². The van der Waals surface area contributed by atoms with Crippen molar-refractivity contribution in [2.24, 2.45) is 0 Å². The minimum atomic E-state index is -0.575. The van der Waals surface area contributed by atoms with Crippen LogP contribution in [-0.4, -0.2) is 17.9 Å². The lowest BCUT2D eigenvalue weighted by atomic mass is 9.95. The Hall–Kier alpha value is -1.78. The van der Waals surface area contributed by atoms with Gasteiger partial charge in [0.1, 0.15) is 11.5 Å². The van der Waals surface area contributed by atoms with Crippen LogP contribution in [0.4, 0.5) is 0 Å². The Labute approximate surface area is 119 Å². The molecule has 0 unspecified atom stereocenters. The molecule has 1 aliphatic rings. The first-order valence-corrected chi connectivity index (χ1v) is 7.21. The Kier molecular flexibility index (Phi) is 4.82. The van der Waals surface area contributed by atoms with Crippen molar-refractivity contribution in [1.29, 1.82) is 0 Å². The molecule has 2 rings (SSSR count). The molecule has 110 valence electrons. The van der Waals surface area contributed by atoms with Crippen LogP contribution < -0.4 is 10.6 Å². The molecule has 0 bridgehead atoms. The van der Waals surface area contributed by atoms with Crippen LogP contribution in [0, 0.1) is 13.8 Å². The largest absolute Gasteiger partial charge is 0.466 e. The molecule has 2 N–H and O–H groups in total. The highest BCUT2D eigenvalue weighted by Crippen LogP contribution is 2.17. The van der Waals surface area contributed by atoms with Crippen LogP contribution in [0.1, 0.15) is 49.2 Å². The van der Waals surface area contributed by atoms with Crippen LogP contribution in [0.5, 0.6) is 0 Å². The second kappa shape index (κ2) is 6.59. The Balaban J connectivity index is 1.79. The van der Waals surface area contributed by atoms with E-state index in [0.29, 0.717) is 6.54 Å². The molecule has 0 atom stereocenters. The molecule has 1 heterocycles. The van der Waals surface area contributed by atoms with Gasteiger partial charge in [-0.05, 0) is 32.8 Å². The smallest absolute Gasteiger partial charge is 0.309 e. The van der Waals surface area contributed by atoms with E-state index < -0.39 is 11.8 Å². The van der Waals surface area contributed by atoms with Crippen molar-refractivity contribution in [3.63, 3.8) is 0 Å². The van der Waals surface area contributed by atoms with Crippen LogP contribution in [0.3, 0.4) is 0 Å². The van der Waals surface area contributed by atoms with Gasteiger partial charge in [-0.1, -0.05) is 19.3 Å². The van der Waals surface area contributed by atoms with Gasteiger partial charge in [-0.25, -0.2) is 0 Å². The highest BCUT2D eigenvalue weighted by atomic mass is 16.3. The second-order valence-corrected chi connectivity index (χ2v) is 5.43. The standard InChI is InChI=1S/C15H22N2O3/c1-10-8-12(11(2)20-10)9-16-14(18)15(19)17-13-6-4-3-5-7-13/h8,13H,3-7,9H2,1-2H3,(H,16,18)(H,17,19). The Morgan fingerprint density at radius 3 is 2.50 bits per heavy atom. The maximum absolute atomic E-state index is 11.8. The number of furan rings is 1. The van der Waals surface area contributed by atoms with Crippen molar-refractivity contribution in [2.75, 3.05) is 0 Å². The quantitative estimate of drug-likeness (QED) is 0.830. The molecule has 5 heteroatoms. The minimum Gasteiger partial charge on any atom is -0.466 e. The van der Waals surface area contributed by atoms with E-state index in [-0.39, 0.29) is 6.04 Å². The molecule has 20 heavy (non-hydrogen) atoms. The first-order valence-electron chi connectivity index (χ1n) is 7.21. The Morgan fingerprint density at radius 2 is 1.90 bits per heavy atom. The summed E-state index contributed by atoms with van der Waals surface area (Å²) in [6, 6.07) is 2.02. The summed E-state index contributed by atoms with van der Waals surface area (Å²) in [5.74, 6) is 0.470. The number of hydrogen-bond donors (Lipinski definition) is 2. The summed E-state index contributed by atoms with van der Waals surface area (Å²) in [4.78, 5) is 23.5. The second-order valence-electron chi connectivity index (χ2n) is 5.43. The maximum Gasteiger partial charge on any atom is 0.309 e. The lowest BCUT2D eigenvalue weighted by Crippen LogP contribution is -2.45. The third kappa shape index (κ3) is 3.85. The molecule has 0 aliphatic heterocycles. The van der Waals surface area contributed by atoms with Gasteiger partial charge in [0.2, 0.25) is 0 Å². The van der Waals surface area contributed by atoms with E-state index >= 15 is 0 Å². The lowest BCUT2D eigenvalue weighted by molar-refractivity contribution is -0.139. The first kappa shape index (κ1) is 14.6. The van der Waals surface area contributed by atoms with Gasteiger partial charge in [0, 0.05) is 18.2 Å². The van der Waals surface area contributed by atoms with E-state index in [1.54, 1.807) is 0 Å². The highest BCUT2D eigenvalue weighted by molar-refractivity contribution is 6.35. The molecule has 5 nitrogen and oxygen atoms in total. The predicted octanol–water partition coefficient (Wildman–Crippen LogP) is 1.96. The summed E-state index contributed by atoms with van der Waals surface area (Å²) < 4.78 is 5.38. The molecule has 1 aromatic rings. The molecule has 1 saturated carbocycles. The summed E-state index contributed by atoms with van der Waals surface area (Å²) in [5, 5.41) is 5.43. The molecular formula is C15H22N2O3. The predicted molar refractivity (Wildman–Crippen MR) is 75.0 cm³/mol. The van der Waals surface area contributed by atoms with Crippen LogP contribution in [0.25, 0.3) is 0 Å².